The number of anilines is 1. The largest absolute Gasteiger partial charge is 0.456 e. The molecule has 0 saturated carbocycles. The summed E-state index contributed by atoms with van der Waals surface area (Å²) in [5.74, 6) is 0. The van der Waals surface area contributed by atoms with Crippen molar-refractivity contribution in [3.8, 4) is 22.3 Å². The Kier molecular flexibility index (Phi) is 6.11. The van der Waals surface area contributed by atoms with Crippen LogP contribution in [0.2, 0.25) is 0 Å². The molecule has 0 aliphatic carbocycles. The molecule has 1 aliphatic heterocycles. The second-order valence-corrected chi connectivity index (χ2v) is 13.4. The maximum Gasteiger partial charge on any atom is 0.146 e. The maximum atomic E-state index is 6.50. The highest BCUT2D eigenvalue weighted by Gasteiger charge is 2.29. The van der Waals surface area contributed by atoms with E-state index < -0.39 is 0 Å². The van der Waals surface area contributed by atoms with E-state index in [0.717, 1.165) is 44.5 Å². The van der Waals surface area contributed by atoms with E-state index in [-0.39, 0.29) is 6.17 Å². The van der Waals surface area contributed by atoms with E-state index in [9.17, 15) is 0 Å². The van der Waals surface area contributed by atoms with Crippen molar-refractivity contribution in [3.63, 3.8) is 0 Å². The molecule has 4 heteroatoms. The highest BCUT2D eigenvalue weighted by molar-refractivity contribution is 7.22. The fraction of sp³-hybridized carbons (Fsp3) is 0.0227. The van der Waals surface area contributed by atoms with Gasteiger partial charge in [-0.2, -0.15) is 0 Å². The van der Waals surface area contributed by atoms with Crippen molar-refractivity contribution in [2.24, 2.45) is 4.99 Å². The first kappa shape index (κ1) is 27.2. The van der Waals surface area contributed by atoms with Crippen LogP contribution in [0.25, 0.3) is 65.1 Å². The summed E-state index contributed by atoms with van der Waals surface area (Å²) in [6.45, 7) is 0. The fourth-order valence-electron chi connectivity index (χ4n) is 7.34. The molecule has 0 bridgehead atoms. The molecule has 1 N–H and O–H groups in total. The van der Waals surface area contributed by atoms with Crippen molar-refractivity contribution >= 4 is 65.5 Å². The van der Waals surface area contributed by atoms with Crippen LogP contribution in [0.1, 0.15) is 22.2 Å². The van der Waals surface area contributed by atoms with Gasteiger partial charge in [-0.05, 0) is 57.3 Å². The molecule has 7 aromatic carbocycles. The summed E-state index contributed by atoms with van der Waals surface area (Å²) in [6.07, 6.45) is -0.319. The van der Waals surface area contributed by atoms with E-state index in [0.29, 0.717) is 0 Å². The van der Waals surface area contributed by atoms with E-state index >= 15 is 0 Å². The molecule has 1 atom stereocenters. The molecule has 226 valence electrons. The van der Waals surface area contributed by atoms with Crippen LogP contribution in [0.3, 0.4) is 0 Å². The summed E-state index contributed by atoms with van der Waals surface area (Å²) in [7, 11) is 0. The van der Waals surface area contributed by atoms with E-state index in [1.165, 1.54) is 48.0 Å². The standard InChI is InChI=1S/C44H28N2OS/c1-2-12-27(13-3-1)31-17-6-7-18-33(31)41-43-42(34-19-8-9-23-39(34)48-43)46-44(45-41)35-21-11-22-38-40(35)36-26-29(24-25-37(36)47-38)32-20-10-15-28-14-4-5-16-30(28)32/h1-26,44,46H. The van der Waals surface area contributed by atoms with Crippen molar-refractivity contribution in [3.05, 3.63) is 174 Å². The molecule has 9 aromatic rings. The zero-order valence-corrected chi connectivity index (χ0v) is 26.7. The summed E-state index contributed by atoms with van der Waals surface area (Å²) in [5.41, 5.74) is 10.8. The maximum absolute atomic E-state index is 6.50. The van der Waals surface area contributed by atoms with Gasteiger partial charge in [0.05, 0.1) is 16.3 Å². The number of rotatable bonds is 4. The molecule has 2 aromatic heterocycles. The van der Waals surface area contributed by atoms with Crippen molar-refractivity contribution in [2.75, 3.05) is 5.32 Å². The third-order valence-electron chi connectivity index (χ3n) is 9.54. The molecule has 0 radical (unpaired) electrons. The highest BCUT2D eigenvalue weighted by Crippen LogP contribution is 2.46. The number of nitrogens with zero attached hydrogens (tertiary/aromatic N) is 1. The quantitative estimate of drug-likeness (QED) is 0.210. The lowest BCUT2D eigenvalue weighted by molar-refractivity contribution is 0.668. The molecular formula is C44H28N2OS. The first-order valence-corrected chi connectivity index (χ1v) is 17.1. The predicted molar refractivity (Wildman–Crippen MR) is 202 cm³/mol. The number of aliphatic imine (C=N–C) groups is 1. The number of nitrogens with one attached hydrogen (secondary N) is 1. The van der Waals surface area contributed by atoms with E-state index in [1.807, 2.05) is 0 Å². The van der Waals surface area contributed by atoms with Gasteiger partial charge in [0.1, 0.15) is 17.3 Å². The molecule has 10 rings (SSSR count). The molecule has 1 aliphatic rings. The SMILES string of the molecule is c1ccc(-c2ccccc2C2=NC(c3cccc4oc5ccc(-c6cccc7ccccc67)cc5c34)Nc3c2sc2ccccc32)cc1. The zero-order valence-electron chi connectivity index (χ0n) is 25.9. The highest BCUT2D eigenvalue weighted by atomic mass is 32.1. The van der Waals surface area contributed by atoms with Gasteiger partial charge in [0, 0.05) is 32.0 Å². The first-order valence-electron chi connectivity index (χ1n) is 16.2. The van der Waals surface area contributed by atoms with Crippen LogP contribution in [-0.4, -0.2) is 5.71 Å². The Bertz CT molecular complexity index is 2710. The lowest BCUT2D eigenvalue weighted by Gasteiger charge is -2.25. The van der Waals surface area contributed by atoms with Crippen LogP contribution in [0.5, 0.6) is 0 Å². The van der Waals surface area contributed by atoms with Gasteiger partial charge < -0.3 is 9.73 Å². The average Bonchev–Trinajstić information content (AvgIpc) is 3.73. The van der Waals surface area contributed by atoms with Gasteiger partial charge in [0.25, 0.3) is 0 Å². The molecule has 48 heavy (non-hydrogen) atoms. The van der Waals surface area contributed by atoms with Crippen LogP contribution >= 0.6 is 11.3 Å². The van der Waals surface area contributed by atoms with Gasteiger partial charge >= 0.3 is 0 Å². The summed E-state index contributed by atoms with van der Waals surface area (Å²) in [6, 6.07) is 55.9. The Morgan fingerprint density at radius 3 is 2.19 bits per heavy atom. The molecule has 0 fully saturated rings. The molecular weight excluding hydrogens is 605 g/mol. The van der Waals surface area contributed by atoms with Crippen LogP contribution in [0.15, 0.2) is 167 Å². The van der Waals surface area contributed by atoms with Gasteiger partial charge in [-0.15, -0.1) is 11.3 Å². The van der Waals surface area contributed by atoms with Gasteiger partial charge in [-0.25, -0.2) is 0 Å². The normalized spacial score (nSPS) is 14.3. The monoisotopic (exact) mass is 632 g/mol. The molecule has 1 unspecified atom stereocenters. The second kappa shape index (κ2) is 10.8. The summed E-state index contributed by atoms with van der Waals surface area (Å²) in [5, 5.41) is 9.77. The van der Waals surface area contributed by atoms with Crippen molar-refractivity contribution in [1.82, 2.24) is 0 Å². The molecule has 0 saturated heterocycles. The Hall–Kier alpha value is -5.97. The van der Waals surface area contributed by atoms with Crippen LogP contribution in [0.4, 0.5) is 5.69 Å². The van der Waals surface area contributed by atoms with Crippen LogP contribution in [-0.2, 0) is 0 Å². The van der Waals surface area contributed by atoms with Crippen molar-refractivity contribution in [1.29, 1.82) is 0 Å². The zero-order chi connectivity index (χ0) is 31.6. The number of hydrogen-bond acceptors (Lipinski definition) is 4. The number of benzene rings is 7. The number of thiophene rings is 1. The third-order valence-corrected chi connectivity index (χ3v) is 10.7. The second-order valence-electron chi connectivity index (χ2n) is 12.3. The summed E-state index contributed by atoms with van der Waals surface area (Å²) in [4.78, 5) is 6.74. The minimum atomic E-state index is -0.319. The summed E-state index contributed by atoms with van der Waals surface area (Å²) < 4.78 is 7.74. The van der Waals surface area contributed by atoms with Gasteiger partial charge in [-0.3, -0.25) is 4.99 Å². The average molecular weight is 633 g/mol. The lowest BCUT2D eigenvalue weighted by atomic mass is 9.93. The lowest BCUT2D eigenvalue weighted by Crippen LogP contribution is -2.20. The minimum absolute atomic E-state index is 0.319. The van der Waals surface area contributed by atoms with E-state index in [1.54, 1.807) is 11.3 Å². The number of fused-ring (bicyclic) bond motifs is 7. The molecule has 0 spiro atoms. The Balaban J connectivity index is 1.20. The fourth-order valence-corrected chi connectivity index (χ4v) is 8.51. The summed E-state index contributed by atoms with van der Waals surface area (Å²) >= 11 is 1.80. The molecule has 3 nitrogen and oxygen atoms in total. The topological polar surface area (TPSA) is 37.5 Å². The van der Waals surface area contributed by atoms with Crippen molar-refractivity contribution in [2.45, 2.75) is 6.17 Å². The smallest absolute Gasteiger partial charge is 0.146 e. The van der Waals surface area contributed by atoms with Gasteiger partial charge in [0.2, 0.25) is 0 Å². The molecule has 0 amide bonds. The predicted octanol–water partition coefficient (Wildman–Crippen LogP) is 12.2. The number of hydrogen-bond donors (Lipinski definition) is 1. The number of furan rings is 1. The Labute approximate surface area is 281 Å². The molecule has 3 heterocycles. The van der Waals surface area contributed by atoms with Gasteiger partial charge in [-0.1, -0.05) is 133 Å². The van der Waals surface area contributed by atoms with E-state index in [2.05, 4.69) is 163 Å². The van der Waals surface area contributed by atoms with Gasteiger partial charge in [0.15, 0.2) is 0 Å². The Morgan fingerprint density at radius 1 is 0.542 bits per heavy atom. The first-order chi connectivity index (χ1) is 23.8. The van der Waals surface area contributed by atoms with Crippen LogP contribution < -0.4 is 5.32 Å². The van der Waals surface area contributed by atoms with E-state index in [4.69, 9.17) is 9.41 Å². The third kappa shape index (κ3) is 4.23. The minimum Gasteiger partial charge on any atom is -0.456 e. The Morgan fingerprint density at radius 2 is 1.27 bits per heavy atom. The van der Waals surface area contributed by atoms with Crippen LogP contribution in [0, 0.1) is 0 Å². The van der Waals surface area contributed by atoms with Crippen molar-refractivity contribution < 1.29 is 4.42 Å².